The van der Waals surface area contributed by atoms with E-state index in [4.69, 9.17) is 7.85 Å². The Bertz CT molecular complexity index is 329. The van der Waals surface area contributed by atoms with Gasteiger partial charge in [0.25, 0.3) is 0 Å². The standard InChI is InChI=1S/C7H6BNS/c1-9-4-5(8)7-6(9)2-3-10-7/h2-4H,1H3. The molecule has 0 N–H and O–H groups in total. The van der Waals surface area contributed by atoms with Crippen molar-refractivity contribution in [3.8, 4) is 0 Å². The van der Waals surface area contributed by atoms with Gasteiger partial charge in [0.1, 0.15) is 7.85 Å². The van der Waals surface area contributed by atoms with Crippen LogP contribution in [0.4, 0.5) is 0 Å². The molecule has 10 heavy (non-hydrogen) atoms. The number of rotatable bonds is 0. The molecule has 2 rings (SSSR count). The minimum absolute atomic E-state index is 0.882. The van der Waals surface area contributed by atoms with Gasteiger partial charge in [0, 0.05) is 11.7 Å². The molecule has 2 heterocycles. The van der Waals surface area contributed by atoms with Crippen molar-refractivity contribution >= 4 is 34.9 Å². The van der Waals surface area contributed by atoms with Crippen LogP contribution >= 0.6 is 11.3 Å². The molecule has 48 valence electrons. The highest BCUT2D eigenvalue weighted by Gasteiger charge is 2.01. The largest absolute Gasteiger partial charge is 0.350 e. The fourth-order valence-electron chi connectivity index (χ4n) is 1.13. The van der Waals surface area contributed by atoms with E-state index in [2.05, 4.69) is 11.4 Å². The van der Waals surface area contributed by atoms with Crippen LogP contribution in [0.1, 0.15) is 0 Å². The van der Waals surface area contributed by atoms with Crippen molar-refractivity contribution in [3.63, 3.8) is 0 Å². The van der Waals surface area contributed by atoms with Gasteiger partial charge in [0.05, 0.1) is 5.52 Å². The molecule has 0 amide bonds. The molecular weight excluding hydrogens is 141 g/mol. The third-order valence-electron chi connectivity index (χ3n) is 1.62. The number of hydrogen-bond donors (Lipinski definition) is 0. The Labute approximate surface area is 64.7 Å². The van der Waals surface area contributed by atoms with Crippen molar-refractivity contribution in [1.29, 1.82) is 0 Å². The molecule has 0 aliphatic carbocycles. The Morgan fingerprint density at radius 1 is 1.60 bits per heavy atom. The number of thiophene rings is 1. The Kier molecular flexibility index (Phi) is 1.14. The zero-order chi connectivity index (χ0) is 7.14. The molecular formula is C7H6BNS. The van der Waals surface area contributed by atoms with Crippen molar-refractivity contribution in [3.05, 3.63) is 17.6 Å². The average Bonchev–Trinajstić information content (AvgIpc) is 2.39. The fraction of sp³-hybridized carbons (Fsp3) is 0.143. The van der Waals surface area contributed by atoms with E-state index in [-0.39, 0.29) is 0 Å². The minimum Gasteiger partial charge on any atom is -0.350 e. The van der Waals surface area contributed by atoms with Gasteiger partial charge in [-0.3, -0.25) is 0 Å². The quantitative estimate of drug-likeness (QED) is 0.490. The van der Waals surface area contributed by atoms with E-state index in [9.17, 15) is 0 Å². The zero-order valence-corrected chi connectivity index (χ0v) is 6.48. The first kappa shape index (κ1) is 6.04. The van der Waals surface area contributed by atoms with Crippen LogP contribution in [-0.2, 0) is 7.05 Å². The van der Waals surface area contributed by atoms with Crippen molar-refractivity contribution in [2.75, 3.05) is 0 Å². The van der Waals surface area contributed by atoms with E-state index >= 15 is 0 Å². The van der Waals surface area contributed by atoms with Gasteiger partial charge in [-0.1, -0.05) is 5.46 Å². The third-order valence-corrected chi connectivity index (χ3v) is 2.57. The van der Waals surface area contributed by atoms with E-state index in [1.807, 2.05) is 17.8 Å². The topological polar surface area (TPSA) is 4.93 Å². The number of aryl methyl sites for hydroxylation is 1. The van der Waals surface area contributed by atoms with Crippen LogP contribution in [0.3, 0.4) is 0 Å². The maximum Gasteiger partial charge on any atom is 0.117 e. The fourth-order valence-corrected chi connectivity index (χ4v) is 1.99. The summed E-state index contributed by atoms with van der Waals surface area (Å²) in [5.41, 5.74) is 2.11. The predicted octanol–water partition coefficient (Wildman–Crippen LogP) is 1.03. The van der Waals surface area contributed by atoms with Crippen LogP contribution in [0.15, 0.2) is 17.6 Å². The lowest BCUT2D eigenvalue weighted by atomic mass is 10.0. The predicted molar refractivity (Wildman–Crippen MR) is 46.2 cm³/mol. The second-order valence-corrected chi connectivity index (χ2v) is 3.25. The van der Waals surface area contributed by atoms with Gasteiger partial charge in [-0.2, -0.15) is 0 Å². The van der Waals surface area contributed by atoms with Gasteiger partial charge in [0.2, 0.25) is 0 Å². The smallest absolute Gasteiger partial charge is 0.117 e. The third kappa shape index (κ3) is 0.640. The van der Waals surface area contributed by atoms with E-state index in [0.29, 0.717) is 0 Å². The Hall–Kier alpha value is -0.695. The van der Waals surface area contributed by atoms with Crippen molar-refractivity contribution in [2.45, 2.75) is 0 Å². The maximum absolute atomic E-state index is 5.71. The first-order valence-corrected chi connectivity index (χ1v) is 3.95. The molecule has 0 aliphatic heterocycles. The molecule has 0 spiro atoms. The summed E-state index contributed by atoms with van der Waals surface area (Å²) in [6.45, 7) is 0. The van der Waals surface area contributed by atoms with E-state index in [1.165, 1.54) is 10.2 Å². The highest BCUT2D eigenvalue weighted by Crippen LogP contribution is 2.17. The summed E-state index contributed by atoms with van der Waals surface area (Å²) in [4.78, 5) is 0. The summed E-state index contributed by atoms with van der Waals surface area (Å²) >= 11 is 1.69. The summed E-state index contributed by atoms with van der Waals surface area (Å²) in [6.07, 6.45) is 1.95. The summed E-state index contributed by atoms with van der Waals surface area (Å²) in [6, 6.07) is 2.08. The van der Waals surface area contributed by atoms with E-state index in [0.717, 1.165) is 5.46 Å². The Balaban J connectivity index is 2.98. The Morgan fingerprint density at radius 3 is 3.10 bits per heavy atom. The number of fused-ring (bicyclic) bond motifs is 1. The van der Waals surface area contributed by atoms with Gasteiger partial charge in [-0.05, 0) is 17.6 Å². The number of hydrogen-bond acceptors (Lipinski definition) is 1. The average molecular weight is 147 g/mol. The van der Waals surface area contributed by atoms with E-state index < -0.39 is 0 Å². The number of nitrogens with zero attached hydrogens (tertiary/aromatic N) is 1. The van der Waals surface area contributed by atoms with Crippen LogP contribution in [0.25, 0.3) is 10.2 Å². The van der Waals surface area contributed by atoms with Crippen LogP contribution in [0.2, 0.25) is 0 Å². The molecule has 3 heteroatoms. The molecule has 2 aromatic rings. The van der Waals surface area contributed by atoms with Gasteiger partial charge in [0.15, 0.2) is 0 Å². The van der Waals surface area contributed by atoms with E-state index in [1.54, 1.807) is 11.3 Å². The molecule has 2 radical (unpaired) electrons. The van der Waals surface area contributed by atoms with Gasteiger partial charge in [-0.25, -0.2) is 0 Å². The Morgan fingerprint density at radius 2 is 2.40 bits per heavy atom. The van der Waals surface area contributed by atoms with Crippen LogP contribution in [-0.4, -0.2) is 12.4 Å². The second kappa shape index (κ2) is 1.89. The molecule has 1 nitrogen and oxygen atoms in total. The lowest BCUT2D eigenvalue weighted by molar-refractivity contribution is 0.973. The lowest BCUT2D eigenvalue weighted by Crippen LogP contribution is -1.96. The normalized spacial score (nSPS) is 10.9. The summed E-state index contributed by atoms with van der Waals surface area (Å²) in [5.74, 6) is 0. The minimum atomic E-state index is 0.882. The van der Waals surface area contributed by atoms with Crippen molar-refractivity contribution < 1.29 is 0 Å². The van der Waals surface area contributed by atoms with Crippen LogP contribution in [0, 0.1) is 0 Å². The second-order valence-electron chi connectivity index (χ2n) is 2.33. The van der Waals surface area contributed by atoms with Gasteiger partial charge >= 0.3 is 0 Å². The summed E-state index contributed by atoms with van der Waals surface area (Å²) < 4.78 is 3.24. The molecule has 0 atom stereocenters. The lowest BCUT2D eigenvalue weighted by Gasteiger charge is -1.86. The first-order chi connectivity index (χ1) is 4.79. The molecule has 0 fully saturated rings. The molecule has 0 aliphatic rings. The summed E-state index contributed by atoms with van der Waals surface area (Å²) in [5, 5.41) is 2.06. The van der Waals surface area contributed by atoms with Crippen LogP contribution < -0.4 is 5.46 Å². The monoisotopic (exact) mass is 147 g/mol. The maximum atomic E-state index is 5.71. The molecule has 0 unspecified atom stereocenters. The first-order valence-electron chi connectivity index (χ1n) is 3.07. The molecule has 0 bridgehead atoms. The molecule has 0 saturated carbocycles. The van der Waals surface area contributed by atoms with Gasteiger partial charge in [-0.15, -0.1) is 11.3 Å². The highest BCUT2D eigenvalue weighted by molar-refractivity contribution is 7.18. The molecule has 0 aromatic carbocycles. The van der Waals surface area contributed by atoms with Crippen molar-refractivity contribution in [1.82, 2.24) is 4.57 Å². The SMILES string of the molecule is [B]c1cn(C)c2ccsc12. The number of aromatic nitrogens is 1. The van der Waals surface area contributed by atoms with Crippen LogP contribution in [0.5, 0.6) is 0 Å². The summed E-state index contributed by atoms with van der Waals surface area (Å²) in [7, 11) is 7.72. The zero-order valence-electron chi connectivity index (χ0n) is 5.66. The molecule has 0 saturated heterocycles. The van der Waals surface area contributed by atoms with Gasteiger partial charge < -0.3 is 4.57 Å². The molecule has 2 aromatic heterocycles. The van der Waals surface area contributed by atoms with Crippen molar-refractivity contribution in [2.24, 2.45) is 7.05 Å². The highest BCUT2D eigenvalue weighted by atomic mass is 32.1.